The molecule has 0 aliphatic carbocycles. The van der Waals surface area contributed by atoms with E-state index in [9.17, 15) is 27.6 Å². The first-order chi connectivity index (χ1) is 11.2. The Morgan fingerprint density at radius 1 is 1.00 bits per heavy atom. The standard InChI is InChI=1S/C15H22F3N3O3/c1-10(13(23)20-6-2-3-7-20)19-12(22)11-4-8-21(9-5-11)14(24)15(16,17)18/h10-11H,2-9H2,1H3,(H,19,22)/t10-/m1/s1. The minimum absolute atomic E-state index is 0.106. The van der Waals surface area contributed by atoms with Crippen LogP contribution in [0.25, 0.3) is 0 Å². The maximum atomic E-state index is 12.4. The van der Waals surface area contributed by atoms with Gasteiger partial charge < -0.3 is 15.1 Å². The minimum Gasteiger partial charge on any atom is -0.344 e. The molecule has 0 aromatic heterocycles. The number of halogens is 3. The van der Waals surface area contributed by atoms with E-state index in [0.717, 1.165) is 17.7 Å². The first-order valence-corrected chi connectivity index (χ1v) is 8.15. The van der Waals surface area contributed by atoms with E-state index in [1.54, 1.807) is 11.8 Å². The van der Waals surface area contributed by atoms with Crippen molar-refractivity contribution in [3.63, 3.8) is 0 Å². The van der Waals surface area contributed by atoms with Crippen LogP contribution in [0, 0.1) is 5.92 Å². The van der Waals surface area contributed by atoms with E-state index in [1.165, 1.54) is 0 Å². The number of rotatable bonds is 3. The molecule has 2 saturated heterocycles. The molecule has 2 fully saturated rings. The molecular weight excluding hydrogens is 327 g/mol. The average Bonchev–Trinajstić information content (AvgIpc) is 3.07. The molecule has 2 aliphatic rings. The summed E-state index contributed by atoms with van der Waals surface area (Å²) in [5.41, 5.74) is 0. The third-order valence-corrected chi connectivity index (χ3v) is 4.54. The molecule has 0 unspecified atom stereocenters. The summed E-state index contributed by atoms with van der Waals surface area (Å²) < 4.78 is 37.2. The van der Waals surface area contributed by atoms with E-state index in [-0.39, 0.29) is 37.7 Å². The van der Waals surface area contributed by atoms with Crippen LogP contribution in [0.4, 0.5) is 13.2 Å². The number of hydrogen-bond donors (Lipinski definition) is 1. The Morgan fingerprint density at radius 3 is 2.04 bits per heavy atom. The zero-order chi connectivity index (χ0) is 17.9. The third kappa shape index (κ3) is 4.39. The molecule has 24 heavy (non-hydrogen) atoms. The third-order valence-electron chi connectivity index (χ3n) is 4.54. The first kappa shape index (κ1) is 18.5. The lowest BCUT2D eigenvalue weighted by Crippen LogP contribution is -2.51. The van der Waals surface area contributed by atoms with Crippen molar-refractivity contribution in [1.29, 1.82) is 0 Å². The Labute approximate surface area is 138 Å². The van der Waals surface area contributed by atoms with Crippen LogP contribution in [0.2, 0.25) is 0 Å². The van der Waals surface area contributed by atoms with Crippen molar-refractivity contribution < 1.29 is 27.6 Å². The Hall–Kier alpha value is -1.80. The maximum Gasteiger partial charge on any atom is 0.471 e. The molecule has 3 amide bonds. The van der Waals surface area contributed by atoms with Gasteiger partial charge in [-0.25, -0.2) is 0 Å². The smallest absolute Gasteiger partial charge is 0.344 e. The van der Waals surface area contributed by atoms with Crippen molar-refractivity contribution in [2.75, 3.05) is 26.2 Å². The minimum atomic E-state index is -4.88. The van der Waals surface area contributed by atoms with Gasteiger partial charge in [0.05, 0.1) is 0 Å². The molecule has 0 bridgehead atoms. The highest BCUT2D eigenvalue weighted by atomic mass is 19.4. The van der Waals surface area contributed by atoms with Crippen molar-refractivity contribution in [3.8, 4) is 0 Å². The molecule has 0 saturated carbocycles. The Morgan fingerprint density at radius 2 is 1.54 bits per heavy atom. The number of carbonyl (C=O) groups is 3. The predicted octanol–water partition coefficient (Wildman–Crippen LogP) is 0.914. The quantitative estimate of drug-likeness (QED) is 0.824. The van der Waals surface area contributed by atoms with Gasteiger partial charge in [-0.15, -0.1) is 0 Å². The van der Waals surface area contributed by atoms with Crippen LogP contribution in [0.15, 0.2) is 0 Å². The highest BCUT2D eigenvalue weighted by Gasteiger charge is 2.43. The van der Waals surface area contributed by atoms with Crippen LogP contribution in [0.1, 0.15) is 32.6 Å². The van der Waals surface area contributed by atoms with Crippen LogP contribution < -0.4 is 5.32 Å². The molecule has 2 aliphatic heterocycles. The van der Waals surface area contributed by atoms with E-state index < -0.39 is 24.0 Å². The van der Waals surface area contributed by atoms with Gasteiger partial charge in [-0.05, 0) is 32.6 Å². The number of hydrogen-bond acceptors (Lipinski definition) is 3. The van der Waals surface area contributed by atoms with Crippen molar-refractivity contribution in [2.45, 2.75) is 44.8 Å². The normalized spacial score (nSPS) is 20.8. The lowest BCUT2D eigenvalue weighted by Gasteiger charge is -2.32. The average molecular weight is 349 g/mol. The maximum absolute atomic E-state index is 12.4. The monoisotopic (exact) mass is 349 g/mol. The van der Waals surface area contributed by atoms with Crippen molar-refractivity contribution in [3.05, 3.63) is 0 Å². The van der Waals surface area contributed by atoms with E-state index >= 15 is 0 Å². The number of alkyl halides is 3. The highest BCUT2D eigenvalue weighted by Crippen LogP contribution is 2.24. The zero-order valence-corrected chi connectivity index (χ0v) is 13.6. The summed E-state index contributed by atoms with van der Waals surface area (Å²) in [5, 5.41) is 2.64. The van der Waals surface area contributed by atoms with Gasteiger partial charge in [-0.2, -0.15) is 13.2 Å². The second-order valence-corrected chi connectivity index (χ2v) is 6.33. The van der Waals surface area contributed by atoms with Gasteiger partial charge in [0.15, 0.2) is 0 Å². The molecule has 2 rings (SSSR count). The van der Waals surface area contributed by atoms with Crippen molar-refractivity contribution in [1.82, 2.24) is 15.1 Å². The molecule has 9 heteroatoms. The number of nitrogens with zero attached hydrogens (tertiary/aromatic N) is 2. The Balaban J connectivity index is 1.80. The van der Waals surface area contributed by atoms with Crippen LogP contribution >= 0.6 is 0 Å². The fourth-order valence-corrected chi connectivity index (χ4v) is 3.13. The fourth-order valence-electron chi connectivity index (χ4n) is 3.13. The number of amides is 3. The van der Waals surface area contributed by atoms with Gasteiger partial charge in [0.25, 0.3) is 0 Å². The van der Waals surface area contributed by atoms with E-state index in [0.29, 0.717) is 13.1 Å². The first-order valence-electron chi connectivity index (χ1n) is 8.15. The Bertz CT molecular complexity index is 496. The second-order valence-electron chi connectivity index (χ2n) is 6.33. The summed E-state index contributed by atoms with van der Waals surface area (Å²) in [5.74, 6) is -2.81. The molecule has 0 spiro atoms. The van der Waals surface area contributed by atoms with Gasteiger partial charge in [-0.1, -0.05) is 0 Å². The fraction of sp³-hybridized carbons (Fsp3) is 0.800. The molecule has 2 heterocycles. The predicted molar refractivity (Wildman–Crippen MR) is 78.8 cm³/mol. The summed E-state index contributed by atoms with van der Waals surface area (Å²) in [4.78, 5) is 37.9. The van der Waals surface area contributed by atoms with Crippen LogP contribution in [-0.4, -0.2) is 65.9 Å². The summed E-state index contributed by atoms with van der Waals surface area (Å²) in [7, 11) is 0. The topological polar surface area (TPSA) is 69.7 Å². The molecule has 0 aromatic carbocycles. The van der Waals surface area contributed by atoms with Gasteiger partial charge in [0, 0.05) is 32.1 Å². The molecule has 1 N–H and O–H groups in total. The summed E-state index contributed by atoms with van der Waals surface area (Å²) in [6.45, 7) is 2.78. The van der Waals surface area contributed by atoms with Crippen LogP contribution in [0.3, 0.4) is 0 Å². The summed E-state index contributed by atoms with van der Waals surface area (Å²) in [6, 6.07) is -0.648. The Kier molecular flexibility index (Phi) is 5.71. The lowest BCUT2D eigenvalue weighted by molar-refractivity contribution is -0.186. The summed E-state index contributed by atoms with van der Waals surface area (Å²) in [6.07, 6.45) is -2.64. The van der Waals surface area contributed by atoms with Crippen LogP contribution in [-0.2, 0) is 14.4 Å². The molecule has 0 aromatic rings. The van der Waals surface area contributed by atoms with Gasteiger partial charge in [0.1, 0.15) is 6.04 Å². The summed E-state index contributed by atoms with van der Waals surface area (Å²) >= 11 is 0. The molecule has 6 nitrogen and oxygen atoms in total. The van der Waals surface area contributed by atoms with Gasteiger partial charge in [-0.3, -0.25) is 14.4 Å². The van der Waals surface area contributed by atoms with Crippen molar-refractivity contribution in [2.24, 2.45) is 5.92 Å². The largest absolute Gasteiger partial charge is 0.471 e. The number of carbonyl (C=O) groups excluding carboxylic acids is 3. The van der Waals surface area contributed by atoms with E-state index in [2.05, 4.69) is 5.32 Å². The van der Waals surface area contributed by atoms with Crippen molar-refractivity contribution >= 4 is 17.7 Å². The number of piperidine rings is 1. The molecular formula is C15H22F3N3O3. The highest BCUT2D eigenvalue weighted by molar-refractivity contribution is 5.88. The molecule has 1 atom stereocenters. The molecule has 136 valence electrons. The van der Waals surface area contributed by atoms with Crippen LogP contribution in [0.5, 0.6) is 0 Å². The molecule has 0 radical (unpaired) electrons. The second kappa shape index (κ2) is 7.40. The van der Waals surface area contributed by atoms with E-state index in [1.807, 2.05) is 0 Å². The van der Waals surface area contributed by atoms with E-state index in [4.69, 9.17) is 0 Å². The number of likely N-dealkylation sites (tertiary alicyclic amines) is 2. The zero-order valence-electron chi connectivity index (χ0n) is 13.6. The lowest BCUT2D eigenvalue weighted by atomic mass is 9.95. The van der Waals surface area contributed by atoms with Gasteiger partial charge in [0.2, 0.25) is 11.8 Å². The SMILES string of the molecule is C[C@@H](NC(=O)C1CCN(C(=O)C(F)(F)F)CC1)C(=O)N1CCCC1. The van der Waals surface area contributed by atoms with Gasteiger partial charge >= 0.3 is 12.1 Å². The number of nitrogens with one attached hydrogen (secondary N) is 1.